The molecule has 1 fully saturated rings. The Balaban J connectivity index is 1.61. The first-order valence-electron chi connectivity index (χ1n) is 7.41. The van der Waals surface area contributed by atoms with Gasteiger partial charge in [-0.2, -0.15) is 0 Å². The van der Waals surface area contributed by atoms with E-state index in [4.69, 9.17) is 5.21 Å². The molecule has 0 bridgehead atoms. The van der Waals surface area contributed by atoms with Gasteiger partial charge in [-0.15, -0.1) is 0 Å². The summed E-state index contributed by atoms with van der Waals surface area (Å²) < 4.78 is 0. The van der Waals surface area contributed by atoms with E-state index in [0.717, 1.165) is 0 Å². The van der Waals surface area contributed by atoms with Crippen LogP contribution in [0.25, 0.3) is 0 Å². The molecule has 0 atom stereocenters. The second-order valence-electron chi connectivity index (χ2n) is 5.21. The van der Waals surface area contributed by atoms with Crippen molar-refractivity contribution < 1.29 is 14.8 Å². The average molecular weight is 328 g/mol. The summed E-state index contributed by atoms with van der Waals surface area (Å²) in [6.45, 7) is 2.25. The number of rotatable bonds is 3. The van der Waals surface area contributed by atoms with Crippen LogP contribution in [0, 0.1) is 0 Å². The summed E-state index contributed by atoms with van der Waals surface area (Å²) in [5.74, 6) is -0.270. The molecule has 2 aromatic rings. The number of hydrogen-bond acceptors (Lipinski definition) is 7. The standard InChI is InChI=1S/C15H16N6O3/c22-13(19-24)11-9-17-15(18-10-11)21-7-5-20(6-8-21)14(23)12-3-1-2-4-16-12/h1-4,9-10,24H,5-8H2,(H,19,22). The number of hydrogen-bond donors (Lipinski definition) is 2. The highest BCUT2D eigenvalue weighted by atomic mass is 16.5. The SMILES string of the molecule is O=C(NO)c1cnc(N2CCN(C(=O)c3ccccn3)CC2)nc1. The van der Waals surface area contributed by atoms with Crippen LogP contribution in [0.3, 0.4) is 0 Å². The lowest BCUT2D eigenvalue weighted by Gasteiger charge is -2.34. The van der Waals surface area contributed by atoms with E-state index in [1.807, 2.05) is 4.90 Å². The van der Waals surface area contributed by atoms with Gasteiger partial charge in [0, 0.05) is 44.8 Å². The molecule has 1 saturated heterocycles. The molecule has 0 spiro atoms. The van der Waals surface area contributed by atoms with Crippen molar-refractivity contribution in [1.29, 1.82) is 0 Å². The summed E-state index contributed by atoms with van der Waals surface area (Å²) >= 11 is 0. The molecule has 9 nitrogen and oxygen atoms in total. The van der Waals surface area contributed by atoms with E-state index in [1.54, 1.807) is 29.3 Å². The maximum absolute atomic E-state index is 12.3. The van der Waals surface area contributed by atoms with Gasteiger partial charge in [-0.25, -0.2) is 15.4 Å². The molecule has 0 aromatic carbocycles. The Morgan fingerprint density at radius 1 is 1.04 bits per heavy atom. The molecule has 1 aliphatic heterocycles. The maximum atomic E-state index is 12.3. The first kappa shape index (κ1) is 15.8. The number of hydroxylamine groups is 1. The highest BCUT2D eigenvalue weighted by molar-refractivity contribution is 5.93. The van der Waals surface area contributed by atoms with Crippen molar-refractivity contribution in [2.24, 2.45) is 0 Å². The monoisotopic (exact) mass is 328 g/mol. The van der Waals surface area contributed by atoms with Crippen LogP contribution in [0.1, 0.15) is 20.8 Å². The van der Waals surface area contributed by atoms with Crippen LogP contribution in [-0.2, 0) is 0 Å². The zero-order valence-corrected chi connectivity index (χ0v) is 12.8. The maximum Gasteiger partial charge on any atom is 0.277 e. The molecule has 9 heteroatoms. The largest absolute Gasteiger partial charge is 0.337 e. The van der Waals surface area contributed by atoms with E-state index in [-0.39, 0.29) is 11.5 Å². The lowest BCUT2D eigenvalue weighted by Crippen LogP contribution is -2.49. The molecule has 0 radical (unpaired) electrons. The second kappa shape index (κ2) is 7.01. The van der Waals surface area contributed by atoms with Crippen molar-refractivity contribution >= 4 is 17.8 Å². The minimum atomic E-state index is -0.660. The number of pyridine rings is 1. The lowest BCUT2D eigenvalue weighted by molar-refractivity contribution is 0.0704. The van der Waals surface area contributed by atoms with Gasteiger partial charge in [-0.3, -0.25) is 19.8 Å². The summed E-state index contributed by atoms with van der Waals surface area (Å²) in [6, 6.07) is 5.25. The molecule has 1 aliphatic rings. The van der Waals surface area contributed by atoms with E-state index in [1.165, 1.54) is 17.9 Å². The summed E-state index contributed by atoms with van der Waals surface area (Å²) in [7, 11) is 0. The van der Waals surface area contributed by atoms with Gasteiger partial charge >= 0.3 is 0 Å². The van der Waals surface area contributed by atoms with E-state index >= 15 is 0 Å². The summed E-state index contributed by atoms with van der Waals surface area (Å²) in [4.78, 5) is 39.6. The Morgan fingerprint density at radius 3 is 2.33 bits per heavy atom. The Bertz CT molecular complexity index is 714. The van der Waals surface area contributed by atoms with Crippen molar-refractivity contribution in [3.8, 4) is 0 Å². The number of aromatic nitrogens is 3. The van der Waals surface area contributed by atoms with Crippen molar-refractivity contribution in [3.05, 3.63) is 48.0 Å². The van der Waals surface area contributed by atoms with E-state index < -0.39 is 5.91 Å². The molecule has 2 aromatic heterocycles. The molecule has 0 unspecified atom stereocenters. The van der Waals surface area contributed by atoms with Gasteiger partial charge in [-0.1, -0.05) is 6.07 Å². The van der Waals surface area contributed by atoms with Gasteiger partial charge < -0.3 is 9.80 Å². The molecule has 3 heterocycles. The lowest BCUT2D eigenvalue weighted by atomic mass is 10.2. The zero-order chi connectivity index (χ0) is 16.9. The number of nitrogens with zero attached hydrogens (tertiary/aromatic N) is 5. The zero-order valence-electron chi connectivity index (χ0n) is 12.8. The molecule has 0 saturated carbocycles. The molecular weight excluding hydrogens is 312 g/mol. The molecule has 124 valence electrons. The van der Waals surface area contributed by atoms with Gasteiger partial charge in [0.05, 0.1) is 5.56 Å². The van der Waals surface area contributed by atoms with Gasteiger partial charge in [0.25, 0.3) is 11.8 Å². The number of carbonyl (C=O) groups is 2. The van der Waals surface area contributed by atoms with Crippen molar-refractivity contribution in [2.75, 3.05) is 31.1 Å². The molecule has 2 amide bonds. The van der Waals surface area contributed by atoms with E-state index in [9.17, 15) is 9.59 Å². The van der Waals surface area contributed by atoms with Crippen LogP contribution in [-0.4, -0.2) is 63.1 Å². The highest BCUT2D eigenvalue weighted by Gasteiger charge is 2.24. The number of carbonyl (C=O) groups excluding carboxylic acids is 2. The first-order valence-corrected chi connectivity index (χ1v) is 7.41. The molecule has 0 aliphatic carbocycles. The predicted octanol–water partition coefficient (Wildman–Crippen LogP) is -0.0470. The van der Waals surface area contributed by atoms with Crippen LogP contribution in [0.2, 0.25) is 0 Å². The molecular formula is C15H16N6O3. The fourth-order valence-electron chi connectivity index (χ4n) is 2.43. The summed E-state index contributed by atoms with van der Waals surface area (Å²) in [6.07, 6.45) is 4.29. The van der Waals surface area contributed by atoms with Gasteiger partial charge in [0.1, 0.15) is 5.69 Å². The number of piperazine rings is 1. The van der Waals surface area contributed by atoms with Gasteiger partial charge in [0.2, 0.25) is 5.95 Å². The predicted molar refractivity (Wildman–Crippen MR) is 83.6 cm³/mol. The molecule has 3 rings (SSSR count). The number of nitrogens with one attached hydrogen (secondary N) is 1. The molecule has 2 N–H and O–H groups in total. The van der Waals surface area contributed by atoms with Crippen molar-refractivity contribution in [2.45, 2.75) is 0 Å². The Kier molecular flexibility index (Phi) is 4.62. The van der Waals surface area contributed by atoms with Crippen LogP contribution in [0.5, 0.6) is 0 Å². The second-order valence-corrected chi connectivity index (χ2v) is 5.21. The quantitative estimate of drug-likeness (QED) is 0.600. The topological polar surface area (TPSA) is 112 Å². The summed E-state index contributed by atoms with van der Waals surface area (Å²) in [5, 5.41) is 8.57. The molecule has 24 heavy (non-hydrogen) atoms. The fourth-order valence-corrected chi connectivity index (χ4v) is 2.43. The Hall–Kier alpha value is -3.07. The third-order valence-corrected chi connectivity index (χ3v) is 3.74. The average Bonchev–Trinajstić information content (AvgIpc) is 2.68. The van der Waals surface area contributed by atoms with Gasteiger partial charge in [0.15, 0.2) is 0 Å². The Morgan fingerprint density at radius 2 is 1.75 bits per heavy atom. The fraction of sp³-hybridized carbons (Fsp3) is 0.267. The van der Waals surface area contributed by atoms with Crippen LogP contribution >= 0.6 is 0 Å². The van der Waals surface area contributed by atoms with Gasteiger partial charge in [-0.05, 0) is 12.1 Å². The smallest absolute Gasteiger partial charge is 0.277 e. The highest BCUT2D eigenvalue weighted by Crippen LogP contribution is 2.12. The third-order valence-electron chi connectivity index (χ3n) is 3.74. The van der Waals surface area contributed by atoms with Crippen molar-refractivity contribution in [1.82, 2.24) is 25.3 Å². The third kappa shape index (κ3) is 3.30. The first-order chi connectivity index (χ1) is 11.7. The minimum Gasteiger partial charge on any atom is -0.337 e. The number of anilines is 1. The van der Waals surface area contributed by atoms with E-state index in [2.05, 4.69) is 15.0 Å². The van der Waals surface area contributed by atoms with E-state index in [0.29, 0.717) is 37.8 Å². The Labute approximate surface area is 137 Å². The van der Waals surface area contributed by atoms with Crippen LogP contribution in [0.15, 0.2) is 36.8 Å². The van der Waals surface area contributed by atoms with Crippen LogP contribution < -0.4 is 10.4 Å². The normalized spacial score (nSPS) is 14.4. The summed E-state index contributed by atoms with van der Waals surface area (Å²) in [5.41, 5.74) is 2.13. The van der Waals surface area contributed by atoms with Crippen LogP contribution in [0.4, 0.5) is 5.95 Å². The van der Waals surface area contributed by atoms with Crippen molar-refractivity contribution in [3.63, 3.8) is 0 Å². The number of amides is 2. The minimum absolute atomic E-state index is 0.0915.